The molecule has 0 spiro atoms. The molecule has 4 nitrogen and oxygen atoms in total. The van der Waals surface area contributed by atoms with Gasteiger partial charge in [-0.1, -0.05) is 37.6 Å². The summed E-state index contributed by atoms with van der Waals surface area (Å²) in [6.07, 6.45) is 7.57. The number of Topliss-reactive ketones (excluding diaryl/α,β-unsaturated/α-hetero) is 1. The molecule has 18 heavy (non-hydrogen) atoms. The highest BCUT2D eigenvalue weighted by molar-refractivity contribution is 5.87. The van der Waals surface area contributed by atoms with Crippen LogP contribution in [0.2, 0.25) is 0 Å². The third kappa shape index (κ3) is 3.77. The van der Waals surface area contributed by atoms with E-state index in [9.17, 15) is 20.1 Å². The van der Waals surface area contributed by atoms with Crippen LogP contribution in [0.3, 0.4) is 0 Å². The molecule has 0 bridgehead atoms. The van der Waals surface area contributed by atoms with Gasteiger partial charge in [0, 0.05) is 5.92 Å². The zero-order valence-corrected chi connectivity index (χ0v) is 10.7. The number of carbonyl (C=O) groups excluding carboxylic acids is 1. The lowest BCUT2D eigenvalue weighted by Gasteiger charge is -2.33. The van der Waals surface area contributed by atoms with Crippen molar-refractivity contribution in [1.82, 2.24) is 0 Å². The molecule has 1 aliphatic carbocycles. The van der Waals surface area contributed by atoms with Gasteiger partial charge in [-0.3, -0.25) is 4.79 Å². The third-order valence-electron chi connectivity index (χ3n) is 3.31. The van der Waals surface area contributed by atoms with Crippen LogP contribution in [0.1, 0.15) is 26.2 Å². The largest absolute Gasteiger partial charge is 0.396 e. The summed E-state index contributed by atoms with van der Waals surface area (Å²) in [4.78, 5) is 11.7. The first-order chi connectivity index (χ1) is 8.61. The highest BCUT2D eigenvalue weighted by Gasteiger charge is 2.40. The second kappa shape index (κ2) is 7.46. The quantitative estimate of drug-likeness (QED) is 0.635. The van der Waals surface area contributed by atoms with Crippen LogP contribution in [0.5, 0.6) is 0 Å². The molecule has 102 valence electrons. The van der Waals surface area contributed by atoms with Crippen molar-refractivity contribution >= 4 is 5.78 Å². The van der Waals surface area contributed by atoms with Gasteiger partial charge in [-0.25, -0.2) is 0 Å². The van der Waals surface area contributed by atoms with E-state index in [-0.39, 0.29) is 12.5 Å². The lowest BCUT2D eigenvalue weighted by Crippen LogP contribution is -2.48. The van der Waals surface area contributed by atoms with Crippen LogP contribution in [0, 0.1) is 11.8 Å². The molecular formula is C14H22O4. The number of aliphatic hydroxyl groups excluding tert-OH is 3. The van der Waals surface area contributed by atoms with Gasteiger partial charge >= 0.3 is 0 Å². The summed E-state index contributed by atoms with van der Waals surface area (Å²) in [7, 11) is 0. The predicted molar refractivity (Wildman–Crippen MR) is 68.9 cm³/mol. The molecule has 0 aromatic carbocycles. The van der Waals surface area contributed by atoms with Gasteiger partial charge in [0.1, 0.15) is 6.10 Å². The van der Waals surface area contributed by atoms with Crippen LogP contribution < -0.4 is 0 Å². The van der Waals surface area contributed by atoms with Gasteiger partial charge in [-0.2, -0.15) is 0 Å². The van der Waals surface area contributed by atoms with Crippen molar-refractivity contribution in [1.29, 1.82) is 0 Å². The van der Waals surface area contributed by atoms with E-state index >= 15 is 0 Å². The fourth-order valence-electron chi connectivity index (χ4n) is 2.18. The van der Waals surface area contributed by atoms with Gasteiger partial charge in [0.25, 0.3) is 0 Å². The maximum atomic E-state index is 11.7. The lowest BCUT2D eigenvalue weighted by atomic mass is 9.75. The van der Waals surface area contributed by atoms with Crippen molar-refractivity contribution in [2.24, 2.45) is 11.8 Å². The molecule has 1 rings (SSSR count). The van der Waals surface area contributed by atoms with E-state index in [4.69, 9.17) is 0 Å². The summed E-state index contributed by atoms with van der Waals surface area (Å²) < 4.78 is 0. The van der Waals surface area contributed by atoms with Crippen LogP contribution in [0.15, 0.2) is 24.3 Å². The Morgan fingerprint density at radius 1 is 1.33 bits per heavy atom. The third-order valence-corrected chi connectivity index (χ3v) is 3.31. The van der Waals surface area contributed by atoms with E-state index in [2.05, 4.69) is 6.92 Å². The standard InChI is InChI=1S/C14H22O4/c1-2-3-4-5-6-7-10-8-12(16)14(18)13(17)11(10)9-15/h4-7,10-12,14-16,18H,2-3,8-9H2,1H3/b5-4+,7-6+/t10-,11-,12+,14+/m1/s1. The van der Waals surface area contributed by atoms with Crippen molar-refractivity contribution in [3.05, 3.63) is 24.3 Å². The summed E-state index contributed by atoms with van der Waals surface area (Å²) in [5, 5.41) is 28.2. The minimum Gasteiger partial charge on any atom is -0.396 e. The van der Waals surface area contributed by atoms with Gasteiger partial charge < -0.3 is 15.3 Å². The molecule has 1 fully saturated rings. The molecule has 3 N–H and O–H groups in total. The van der Waals surface area contributed by atoms with Crippen LogP contribution in [-0.2, 0) is 4.79 Å². The molecule has 0 amide bonds. The molecule has 0 aromatic heterocycles. The fraction of sp³-hybridized carbons (Fsp3) is 0.643. The Hall–Kier alpha value is -0.970. The molecule has 0 aliphatic heterocycles. The van der Waals surface area contributed by atoms with Crippen molar-refractivity contribution in [3.63, 3.8) is 0 Å². The Balaban J connectivity index is 2.65. The van der Waals surface area contributed by atoms with Crippen molar-refractivity contribution < 1.29 is 20.1 Å². The molecule has 4 atom stereocenters. The monoisotopic (exact) mass is 254 g/mol. The molecule has 1 aliphatic rings. The Morgan fingerprint density at radius 2 is 2.06 bits per heavy atom. The van der Waals surface area contributed by atoms with Crippen LogP contribution in [0.4, 0.5) is 0 Å². The van der Waals surface area contributed by atoms with Gasteiger partial charge in [-0.15, -0.1) is 0 Å². The second-order valence-corrected chi connectivity index (χ2v) is 4.70. The molecule has 0 heterocycles. The van der Waals surface area contributed by atoms with Gasteiger partial charge in [0.15, 0.2) is 5.78 Å². The fourth-order valence-corrected chi connectivity index (χ4v) is 2.18. The first-order valence-corrected chi connectivity index (χ1v) is 6.45. The van der Waals surface area contributed by atoms with Crippen molar-refractivity contribution in [3.8, 4) is 0 Å². The van der Waals surface area contributed by atoms with Crippen molar-refractivity contribution in [2.75, 3.05) is 6.61 Å². The molecule has 0 aromatic rings. The topological polar surface area (TPSA) is 77.8 Å². The highest BCUT2D eigenvalue weighted by Crippen LogP contribution is 2.28. The number of allylic oxidation sites excluding steroid dienone is 4. The number of carbonyl (C=O) groups is 1. The maximum Gasteiger partial charge on any atom is 0.169 e. The Labute approximate surface area is 108 Å². The summed E-state index contributed by atoms with van der Waals surface area (Å²) in [5.41, 5.74) is 0. The van der Waals surface area contributed by atoms with E-state index < -0.39 is 23.9 Å². The maximum absolute atomic E-state index is 11.7. The number of unbranched alkanes of at least 4 members (excludes halogenated alkanes) is 1. The molecule has 0 unspecified atom stereocenters. The molecular weight excluding hydrogens is 232 g/mol. The van der Waals surface area contributed by atoms with E-state index in [0.717, 1.165) is 12.8 Å². The molecule has 0 radical (unpaired) electrons. The predicted octanol–water partition coefficient (Wildman–Crippen LogP) is 0.818. The summed E-state index contributed by atoms with van der Waals surface area (Å²) in [5.74, 6) is -1.30. The smallest absolute Gasteiger partial charge is 0.169 e. The van der Waals surface area contributed by atoms with Crippen molar-refractivity contribution in [2.45, 2.75) is 38.4 Å². The number of ketones is 1. The van der Waals surface area contributed by atoms with Gasteiger partial charge in [0.2, 0.25) is 0 Å². The van der Waals surface area contributed by atoms with Crippen LogP contribution in [-0.4, -0.2) is 39.9 Å². The van der Waals surface area contributed by atoms with Gasteiger partial charge in [-0.05, 0) is 18.8 Å². The average molecular weight is 254 g/mol. The summed E-state index contributed by atoms with van der Waals surface area (Å²) in [6, 6.07) is 0. The van der Waals surface area contributed by atoms with Crippen LogP contribution >= 0.6 is 0 Å². The van der Waals surface area contributed by atoms with Crippen LogP contribution in [0.25, 0.3) is 0 Å². The van der Waals surface area contributed by atoms with E-state index in [0.29, 0.717) is 6.42 Å². The minimum absolute atomic E-state index is 0.216. The zero-order chi connectivity index (χ0) is 13.5. The molecule has 1 saturated carbocycles. The minimum atomic E-state index is -1.36. The molecule has 0 saturated heterocycles. The highest BCUT2D eigenvalue weighted by atomic mass is 16.3. The zero-order valence-electron chi connectivity index (χ0n) is 10.7. The SMILES string of the molecule is CCC/C=C/C=C/[C@@H]1C[C@H](O)[C@H](O)C(=O)[C@@H]1CO. The van der Waals surface area contributed by atoms with E-state index in [1.165, 1.54) is 0 Å². The average Bonchev–Trinajstić information content (AvgIpc) is 2.36. The summed E-state index contributed by atoms with van der Waals surface area (Å²) >= 11 is 0. The Kier molecular flexibility index (Phi) is 6.25. The van der Waals surface area contributed by atoms with Gasteiger partial charge in [0.05, 0.1) is 12.7 Å². The number of rotatable bonds is 5. The normalized spacial score (nSPS) is 33.7. The van der Waals surface area contributed by atoms with E-state index in [1.807, 2.05) is 24.3 Å². The number of hydrogen-bond acceptors (Lipinski definition) is 4. The lowest BCUT2D eigenvalue weighted by molar-refractivity contribution is -0.146. The summed E-state index contributed by atoms with van der Waals surface area (Å²) in [6.45, 7) is 1.80. The first-order valence-electron chi connectivity index (χ1n) is 6.45. The Morgan fingerprint density at radius 3 is 2.67 bits per heavy atom. The number of aliphatic hydroxyl groups is 3. The number of hydrogen-bond donors (Lipinski definition) is 3. The molecule has 4 heteroatoms. The van der Waals surface area contributed by atoms with E-state index in [1.54, 1.807) is 0 Å². The first kappa shape index (κ1) is 15.1. The Bertz CT molecular complexity index is 322. The second-order valence-electron chi connectivity index (χ2n) is 4.70.